The first-order valence-corrected chi connectivity index (χ1v) is 11.2. The van der Waals surface area contributed by atoms with Gasteiger partial charge in [0.1, 0.15) is 0 Å². The molecule has 1 saturated heterocycles. The van der Waals surface area contributed by atoms with Crippen molar-refractivity contribution in [2.45, 2.75) is 12.3 Å². The van der Waals surface area contributed by atoms with E-state index in [2.05, 4.69) is 15.5 Å². The average molecular weight is 426 g/mol. The molecule has 0 unspecified atom stereocenters. The molecule has 32 heavy (non-hydrogen) atoms. The van der Waals surface area contributed by atoms with Crippen molar-refractivity contribution in [1.82, 2.24) is 14.3 Å². The van der Waals surface area contributed by atoms with Gasteiger partial charge < -0.3 is 14.0 Å². The van der Waals surface area contributed by atoms with Gasteiger partial charge in [-0.05, 0) is 29.7 Å². The van der Waals surface area contributed by atoms with Gasteiger partial charge in [-0.15, -0.1) is 0 Å². The lowest BCUT2D eigenvalue weighted by Gasteiger charge is -2.28. The van der Waals surface area contributed by atoms with Crippen LogP contribution in [0.4, 0.5) is 0 Å². The maximum absolute atomic E-state index is 13.9. The second kappa shape index (κ2) is 9.37. The van der Waals surface area contributed by atoms with Crippen molar-refractivity contribution in [2.75, 3.05) is 26.3 Å². The van der Waals surface area contributed by atoms with Crippen LogP contribution in [0.3, 0.4) is 0 Å². The average Bonchev–Trinajstić information content (AvgIpc) is 3.20. The van der Waals surface area contributed by atoms with Crippen LogP contribution in [-0.2, 0) is 16.0 Å². The lowest BCUT2D eigenvalue weighted by molar-refractivity contribution is -0.132. The number of hydrogen-bond acceptors (Lipinski definition) is 3. The Morgan fingerprint density at radius 1 is 0.969 bits per heavy atom. The third-order valence-corrected chi connectivity index (χ3v) is 6.18. The Morgan fingerprint density at radius 2 is 1.69 bits per heavy atom. The maximum atomic E-state index is 13.9. The highest BCUT2D eigenvalue weighted by molar-refractivity contribution is 5.87. The van der Waals surface area contributed by atoms with Gasteiger partial charge in [0, 0.05) is 37.6 Å². The zero-order chi connectivity index (χ0) is 21.8. The van der Waals surface area contributed by atoms with E-state index in [4.69, 9.17) is 4.74 Å². The quantitative estimate of drug-likeness (QED) is 0.482. The molecule has 1 aliphatic rings. The highest BCUT2D eigenvalue weighted by Gasteiger charge is 2.30. The van der Waals surface area contributed by atoms with Crippen molar-refractivity contribution in [3.8, 4) is 0 Å². The number of hydrogen-bond donors (Lipinski definition) is 0. The maximum Gasteiger partial charge on any atom is 0.234 e. The summed E-state index contributed by atoms with van der Waals surface area (Å²) in [5.41, 5.74) is 4.19. The van der Waals surface area contributed by atoms with Crippen molar-refractivity contribution in [3.05, 3.63) is 108 Å². The largest absolute Gasteiger partial charge is 0.379 e. The van der Waals surface area contributed by atoms with E-state index in [9.17, 15) is 4.79 Å². The van der Waals surface area contributed by atoms with E-state index in [1.807, 2.05) is 90.2 Å². The van der Waals surface area contributed by atoms with E-state index < -0.39 is 0 Å². The van der Waals surface area contributed by atoms with Gasteiger partial charge in [-0.2, -0.15) is 0 Å². The standard InChI is InChI=1S/C27H27N3O2/c31-27(26(22-8-3-1-4-9-22)23-10-5-2-6-11-23)30-16-17-32-20-21(19-30)18-24-25-12-7-14-29(25)15-13-28-24/h1-15,21,26H,16-20H2/t21-/m1/s1. The molecule has 2 aromatic heterocycles. The highest BCUT2D eigenvalue weighted by Crippen LogP contribution is 2.28. The molecule has 0 saturated carbocycles. The number of amides is 1. The molecule has 0 spiro atoms. The molecule has 0 bridgehead atoms. The Morgan fingerprint density at radius 3 is 2.41 bits per heavy atom. The Bertz CT molecular complexity index is 1130. The van der Waals surface area contributed by atoms with Crippen molar-refractivity contribution >= 4 is 11.4 Å². The molecule has 1 aliphatic heterocycles. The molecule has 2 aromatic carbocycles. The molecular formula is C27H27N3O2. The summed E-state index contributed by atoms with van der Waals surface area (Å²) in [7, 11) is 0. The van der Waals surface area contributed by atoms with Crippen LogP contribution in [0.5, 0.6) is 0 Å². The summed E-state index contributed by atoms with van der Waals surface area (Å²) in [5, 5.41) is 0. The molecule has 3 heterocycles. The van der Waals surface area contributed by atoms with E-state index in [1.54, 1.807) is 0 Å². The predicted octanol–water partition coefficient (Wildman–Crippen LogP) is 4.18. The van der Waals surface area contributed by atoms with Crippen molar-refractivity contribution in [3.63, 3.8) is 0 Å². The van der Waals surface area contributed by atoms with Gasteiger partial charge >= 0.3 is 0 Å². The van der Waals surface area contributed by atoms with Gasteiger partial charge in [0.25, 0.3) is 0 Å². The van der Waals surface area contributed by atoms with Gasteiger partial charge in [-0.1, -0.05) is 60.7 Å². The SMILES string of the molecule is O=C(C(c1ccccc1)c1ccccc1)N1CCOC[C@H](Cc2nccn3cccc23)C1. The number of fused-ring (bicyclic) bond motifs is 1. The highest BCUT2D eigenvalue weighted by atomic mass is 16.5. The molecule has 0 radical (unpaired) electrons. The first kappa shape index (κ1) is 20.5. The second-order valence-corrected chi connectivity index (χ2v) is 8.36. The minimum Gasteiger partial charge on any atom is -0.379 e. The summed E-state index contributed by atoms with van der Waals surface area (Å²) in [6.07, 6.45) is 6.61. The lowest BCUT2D eigenvalue weighted by Crippen LogP contribution is -2.40. The fourth-order valence-corrected chi connectivity index (χ4v) is 4.62. The first-order valence-electron chi connectivity index (χ1n) is 11.2. The van der Waals surface area contributed by atoms with E-state index in [-0.39, 0.29) is 17.7 Å². The zero-order valence-corrected chi connectivity index (χ0v) is 18.0. The summed E-state index contributed by atoms with van der Waals surface area (Å²) in [4.78, 5) is 20.5. The molecule has 0 aliphatic carbocycles. The minimum atomic E-state index is -0.316. The van der Waals surface area contributed by atoms with E-state index in [0.717, 1.165) is 28.8 Å². The molecule has 5 rings (SSSR count). The van der Waals surface area contributed by atoms with Gasteiger partial charge in [0.15, 0.2) is 0 Å². The summed E-state index contributed by atoms with van der Waals surface area (Å²) < 4.78 is 8.00. The topological polar surface area (TPSA) is 46.8 Å². The van der Waals surface area contributed by atoms with E-state index in [0.29, 0.717) is 26.3 Å². The monoisotopic (exact) mass is 425 g/mol. The molecular weight excluding hydrogens is 398 g/mol. The summed E-state index contributed by atoms with van der Waals surface area (Å²) >= 11 is 0. The Labute approximate surface area is 188 Å². The Kier molecular flexibility index (Phi) is 5.99. The molecule has 1 atom stereocenters. The number of carbonyl (C=O) groups excluding carboxylic acids is 1. The first-order chi connectivity index (χ1) is 15.8. The van der Waals surface area contributed by atoms with Crippen LogP contribution >= 0.6 is 0 Å². The number of aromatic nitrogens is 2. The molecule has 4 aromatic rings. The lowest BCUT2D eigenvalue weighted by atomic mass is 9.89. The van der Waals surface area contributed by atoms with E-state index in [1.165, 1.54) is 0 Å². The molecule has 1 amide bonds. The van der Waals surface area contributed by atoms with Crippen LogP contribution in [-0.4, -0.2) is 46.5 Å². The van der Waals surface area contributed by atoms with Gasteiger partial charge in [0.2, 0.25) is 5.91 Å². The number of nitrogens with zero attached hydrogens (tertiary/aromatic N) is 3. The van der Waals surface area contributed by atoms with Crippen LogP contribution in [0.15, 0.2) is 91.4 Å². The van der Waals surface area contributed by atoms with Crippen LogP contribution in [0.1, 0.15) is 22.7 Å². The summed E-state index contributed by atoms with van der Waals surface area (Å²) in [6.45, 7) is 2.46. The number of benzene rings is 2. The molecule has 5 heteroatoms. The van der Waals surface area contributed by atoms with Crippen LogP contribution < -0.4 is 0 Å². The second-order valence-electron chi connectivity index (χ2n) is 8.36. The minimum absolute atomic E-state index is 0.131. The van der Waals surface area contributed by atoms with Crippen LogP contribution in [0, 0.1) is 5.92 Å². The fourth-order valence-electron chi connectivity index (χ4n) is 4.62. The van der Waals surface area contributed by atoms with Crippen LogP contribution in [0.2, 0.25) is 0 Å². The molecule has 1 fully saturated rings. The van der Waals surface area contributed by atoms with E-state index >= 15 is 0 Å². The molecule has 5 nitrogen and oxygen atoms in total. The summed E-state index contributed by atoms with van der Waals surface area (Å²) in [6, 6.07) is 24.2. The van der Waals surface area contributed by atoms with Gasteiger partial charge in [0.05, 0.1) is 30.3 Å². The smallest absolute Gasteiger partial charge is 0.234 e. The number of ether oxygens (including phenoxy) is 1. The van der Waals surface area contributed by atoms with Gasteiger partial charge in [-0.25, -0.2) is 0 Å². The van der Waals surface area contributed by atoms with Crippen molar-refractivity contribution in [1.29, 1.82) is 0 Å². The van der Waals surface area contributed by atoms with Crippen molar-refractivity contribution < 1.29 is 9.53 Å². The third-order valence-electron chi connectivity index (χ3n) is 6.18. The third kappa shape index (κ3) is 4.30. The van der Waals surface area contributed by atoms with Crippen LogP contribution in [0.25, 0.3) is 5.52 Å². The van der Waals surface area contributed by atoms with Gasteiger partial charge in [-0.3, -0.25) is 9.78 Å². The molecule has 0 N–H and O–H groups in total. The fraction of sp³-hybridized carbons (Fsp3) is 0.259. The Balaban J connectivity index is 1.40. The Hall–Kier alpha value is -3.44. The summed E-state index contributed by atoms with van der Waals surface area (Å²) in [5.74, 6) is 0.0114. The molecule has 162 valence electrons. The predicted molar refractivity (Wildman–Crippen MR) is 125 cm³/mol. The number of carbonyl (C=O) groups is 1. The normalized spacial score (nSPS) is 16.9. The number of rotatable bonds is 5. The zero-order valence-electron chi connectivity index (χ0n) is 18.0. The van der Waals surface area contributed by atoms with Crippen molar-refractivity contribution in [2.24, 2.45) is 5.92 Å².